The number of thioether (sulfide) groups is 1. The van der Waals surface area contributed by atoms with E-state index in [0.717, 1.165) is 10.5 Å². The van der Waals surface area contributed by atoms with Crippen LogP contribution in [0.1, 0.15) is 32.1 Å². The number of aromatic nitrogens is 2. The summed E-state index contributed by atoms with van der Waals surface area (Å²) in [4.78, 5) is 24.9. The van der Waals surface area contributed by atoms with Gasteiger partial charge in [-0.3, -0.25) is 14.7 Å². The van der Waals surface area contributed by atoms with Crippen LogP contribution in [-0.2, 0) is 5.75 Å². The number of primary amides is 1. The summed E-state index contributed by atoms with van der Waals surface area (Å²) in [5, 5.41) is 10.4. The van der Waals surface area contributed by atoms with Gasteiger partial charge in [0.2, 0.25) is 0 Å². The van der Waals surface area contributed by atoms with Crippen LogP contribution in [0.4, 0.5) is 5.69 Å². The number of aromatic amines is 1. The van der Waals surface area contributed by atoms with Crippen LogP contribution < -0.4 is 11.1 Å². The number of benzene rings is 2. The Morgan fingerprint density at radius 2 is 2.00 bits per heavy atom. The molecule has 2 aromatic carbocycles. The number of rotatable bonds is 6. The number of halogens is 2. The third-order valence-electron chi connectivity index (χ3n) is 3.90. The van der Waals surface area contributed by atoms with Crippen LogP contribution in [0.3, 0.4) is 0 Å². The number of aryl methyl sites for hydroxylation is 1. The zero-order valence-corrected chi connectivity index (χ0v) is 17.1. The largest absolute Gasteiger partial charge is 0.364 e. The number of carbonyl (C=O) groups excluding carboxylic acids is 2. The molecule has 3 rings (SSSR count). The van der Waals surface area contributed by atoms with Crippen molar-refractivity contribution in [1.82, 2.24) is 10.2 Å². The summed E-state index contributed by atoms with van der Waals surface area (Å²) in [6.07, 6.45) is 0. The summed E-state index contributed by atoms with van der Waals surface area (Å²) in [5.41, 5.74) is 7.50. The molecule has 1 aromatic heterocycles. The first-order valence-corrected chi connectivity index (χ1v) is 9.92. The summed E-state index contributed by atoms with van der Waals surface area (Å²) < 4.78 is 0. The van der Waals surface area contributed by atoms with Crippen LogP contribution in [-0.4, -0.2) is 22.0 Å². The van der Waals surface area contributed by atoms with Crippen molar-refractivity contribution in [2.24, 2.45) is 5.73 Å². The minimum absolute atomic E-state index is 0.00633. The minimum atomic E-state index is -0.719. The van der Waals surface area contributed by atoms with Gasteiger partial charge in [-0.25, -0.2) is 0 Å². The molecule has 0 aliphatic rings. The lowest BCUT2D eigenvalue weighted by atomic mass is 10.1. The summed E-state index contributed by atoms with van der Waals surface area (Å²) >= 11 is 13.7. The highest BCUT2D eigenvalue weighted by atomic mass is 35.5. The van der Waals surface area contributed by atoms with E-state index in [1.165, 1.54) is 11.8 Å². The van der Waals surface area contributed by atoms with Crippen LogP contribution in [0, 0.1) is 6.92 Å². The number of hydrogen-bond acceptors (Lipinski definition) is 4. The highest BCUT2D eigenvalue weighted by Crippen LogP contribution is 2.32. The molecule has 0 fully saturated rings. The van der Waals surface area contributed by atoms with Crippen molar-refractivity contribution in [2.45, 2.75) is 17.6 Å². The second-order valence-electron chi connectivity index (χ2n) is 5.95. The lowest BCUT2D eigenvalue weighted by Gasteiger charge is -2.08. The third-order valence-corrected chi connectivity index (χ3v) is 5.70. The van der Waals surface area contributed by atoms with Gasteiger partial charge in [0.05, 0.1) is 16.4 Å². The molecule has 2 amide bonds. The van der Waals surface area contributed by atoms with Crippen molar-refractivity contribution < 1.29 is 9.59 Å². The zero-order chi connectivity index (χ0) is 20.3. The molecule has 0 spiro atoms. The second kappa shape index (κ2) is 8.68. The molecule has 0 bridgehead atoms. The monoisotopic (exact) mass is 434 g/mol. The Labute approximate surface area is 175 Å². The van der Waals surface area contributed by atoms with E-state index >= 15 is 0 Å². The summed E-state index contributed by atoms with van der Waals surface area (Å²) in [6.45, 7) is 1.69. The van der Waals surface area contributed by atoms with Gasteiger partial charge < -0.3 is 11.1 Å². The molecule has 9 heteroatoms. The zero-order valence-electron chi connectivity index (χ0n) is 14.8. The van der Waals surface area contributed by atoms with Gasteiger partial charge in [-0.05, 0) is 42.8 Å². The molecule has 1 heterocycles. The average molecular weight is 435 g/mol. The molecular formula is C19H16Cl2N4O2S. The van der Waals surface area contributed by atoms with E-state index in [0.29, 0.717) is 27.1 Å². The van der Waals surface area contributed by atoms with Gasteiger partial charge in [-0.15, -0.1) is 11.8 Å². The normalized spacial score (nSPS) is 10.7. The molecule has 28 heavy (non-hydrogen) atoms. The van der Waals surface area contributed by atoms with E-state index in [2.05, 4.69) is 15.5 Å². The van der Waals surface area contributed by atoms with Crippen LogP contribution in [0.2, 0.25) is 10.0 Å². The quantitative estimate of drug-likeness (QED) is 0.490. The van der Waals surface area contributed by atoms with Crippen LogP contribution in [0.25, 0.3) is 0 Å². The molecule has 3 aromatic rings. The Bertz CT molecular complexity index is 1050. The number of nitrogens with one attached hydrogen (secondary N) is 2. The topological polar surface area (TPSA) is 101 Å². The predicted octanol–water partition coefficient (Wildman–Crippen LogP) is 4.67. The highest BCUT2D eigenvalue weighted by molar-refractivity contribution is 7.98. The average Bonchev–Trinajstić information content (AvgIpc) is 3.03. The van der Waals surface area contributed by atoms with E-state index in [1.807, 2.05) is 6.07 Å². The molecule has 0 aliphatic heterocycles. The van der Waals surface area contributed by atoms with E-state index in [-0.39, 0.29) is 17.3 Å². The molecule has 4 N–H and O–H groups in total. The second-order valence-corrected chi connectivity index (χ2v) is 7.82. The Hall–Kier alpha value is -2.48. The molecule has 0 saturated heterocycles. The summed E-state index contributed by atoms with van der Waals surface area (Å²) in [5.74, 6) is -0.471. The summed E-state index contributed by atoms with van der Waals surface area (Å²) in [6, 6.07) is 12.5. The third kappa shape index (κ3) is 4.67. The lowest BCUT2D eigenvalue weighted by Crippen LogP contribution is -2.18. The van der Waals surface area contributed by atoms with Gasteiger partial charge >= 0.3 is 0 Å². The number of H-pyrrole nitrogens is 1. The van der Waals surface area contributed by atoms with Gasteiger partial charge in [-0.2, -0.15) is 5.10 Å². The van der Waals surface area contributed by atoms with Crippen LogP contribution in [0.5, 0.6) is 0 Å². The predicted molar refractivity (Wildman–Crippen MR) is 112 cm³/mol. The number of hydrogen-bond donors (Lipinski definition) is 3. The molecule has 0 saturated carbocycles. The van der Waals surface area contributed by atoms with Crippen molar-refractivity contribution in [2.75, 3.05) is 5.32 Å². The number of nitrogens with zero attached hydrogens (tertiary/aromatic N) is 1. The maximum atomic E-state index is 12.6. The van der Waals surface area contributed by atoms with E-state index in [9.17, 15) is 9.59 Å². The maximum Gasteiger partial charge on any atom is 0.271 e. The number of amides is 2. The van der Waals surface area contributed by atoms with E-state index < -0.39 is 5.91 Å². The fourth-order valence-electron chi connectivity index (χ4n) is 2.50. The van der Waals surface area contributed by atoms with E-state index in [1.54, 1.807) is 43.3 Å². The van der Waals surface area contributed by atoms with Crippen molar-refractivity contribution in [3.63, 3.8) is 0 Å². The highest BCUT2D eigenvalue weighted by Gasteiger charge is 2.18. The Morgan fingerprint density at radius 1 is 1.21 bits per heavy atom. The molecule has 144 valence electrons. The molecule has 0 radical (unpaired) electrons. The fraction of sp³-hybridized carbons (Fsp3) is 0.105. The molecule has 0 unspecified atom stereocenters. The first kappa shape index (κ1) is 20.3. The van der Waals surface area contributed by atoms with Gasteiger partial charge in [0.1, 0.15) is 0 Å². The molecule has 0 atom stereocenters. The Kier molecular flexibility index (Phi) is 6.28. The Balaban J connectivity index is 1.74. The van der Waals surface area contributed by atoms with Crippen molar-refractivity contribution in [3.05, 3.63) is 75.0 Å². The lowest BCUT2D eigenvalue weighted by molar-refractivity contribution is 0.0996. The van der Waals surface area contributed by atoms with Crippen molar-refractivity contribution in [3.8, 4) is 0 Å². The molecular weight excluding hydrogens is 419 g/mol. The molecule has 6 nitrogen and oxygen atoms in total. The number of anilines is 1. The number of nitrogens with two attached hydrogens (primary N) is 1. The van der Waals surface area contributed by atoms with Gasteiger partial charge in [0.25, 0.3) is 11.8 Å². The van der Waals surface area contributed by atoms with Crippen molar-refractivity contribution in [1.29, 1.82) is 0 Å². The SMILES string of the molecule is Cc1[nH]nc(C(N)=O)c1NC(=O)c1cccc(CSc2cc(Cl)ccc2Cl)c1. The standard InChI is InChI=1S/C19H16Cl2N4O2S/c1-10-16(17(18(22)26)25-24-10)23-19(27)12-4-2-3-11(7-12)9-28-15-8-13(20)5-6-14(15)21/h2-8H,9H2,1H3,(H2,22,26)(H,23,27)(H,24,25). The first-order valence-electron chi connectivity index (χ1n) is 8.18. The van der Waals surface area contributed by atoms with Gasteiger partial charge in [0.15, 0.2) is 5.69 Å². The van der Waals surface area contributed by atoms with Gasteiger partial charge in [-0.1, -0.05) is 35.3 Å². The first-order chi connectivity index (χ1) is 13.3. The molecule has 0 aliphatic carbocycles. The smallest absolute Gasteiger partial charge is 0.271 e. The van der Waals surface area contributed by atoms with Gasteiger partial charge in [0, 0.05) is 21.2 Å². The maximum absolute atomic E-state index is 12.6. The van der Waals surface area contributed by atoms with Crippen molar-refractivity contribution >= 4 is 52.5 Å². The minimum Gasteiger partial charge on any atom is -0.364 e. The number of carbonyl (C=O) groups is 2. The van der Waals surface area contributed by atoms with E-state index in [4.69, 9.17) is 28.9 Å². The summed E-state index contributed by atoms with van der Waals surface area (Å²) in [7, 11) is 0. The Morgan fingerprint density at radius 3 is 2.75 bits per heavy atom. The van der Waals surface area contributed by atoms with Crippen LogP contribution >= 0.6 is 35.0 Å². The van der Waals surface area contributed by atoms with Crippen LogP contribution in [0.15, 0.2) is 47.4 Å². The fourth-order valence-corrected chi connectivity index (χ4v) is 3.93.